The van der Waals surface area contributed by atoms with Crippen molar-refractivity contribution in [2.45, 2.75) is 6.92 Å². The smallest absolute Gasteiger partial charge is 0.146 e. The molecule has 0 fully saturated rings. The molecule has 0 spiro atoms. The van der Waals surface area contributed by atoms with Gasteiger partial charge in [-0.05, 0) is 117 Å². The number of aryl methyl sites for hydroxylation is 1. The van der Waals surface area contributed by atoms with Gasteiger partial charge < -0.3 is 0 Å². The fraction of sp³-hybridized carbons (Fsp3) is 0.0156. The molecule has 5 aromatic heterocycles. The second-order valence-electron chi connectivity index (χ2n) is 18.4. The van der Waals surface area contributed by atoms with E-state index in [1.165, 1.54) is 5.56 Å². The first-order valence-corrected chi connectivity index (χ1v) is 23.9. The number of para-hydroxylation sites is 6. The third-order valence-corrected chi connectivity index (χ3v) is 14.5. The highest BCUT2D eigenvalue weighted by molar-refractivity contribution is 6.31. The first kappa shape index (κ1) is 38.7. The summed E-state index contributed by atoms with van der Waals surface area (Å²) in [6, 6.07) is 80.5. The standard InChI is InChI=1S/C64H40N6/c1-39-59(68-54-26-14-11-23-51(54)65-62(68)44-31-29-43(30-32-44)40-17-5-2-6-18-40)57-50-38-46(42-21-9-4-10-22-42)34-36-48(50)64-67-53-25-13-16-28-56(53)70(64)61(57)58-49-37-45(41-19-7-3-8-20-41)33-35-47(49)63-66-52-24-12-15-27-55(52)69(63)60(39)58/h2-38H,1H3. The van der Waals surface area contributed by atoms with Crippen LogP contribution >= 0.6 is 0 Å². The maximum Gasteiger partial charge on any atom is 0.146 e. The van der Waals surface area contributed by atoms with Gasteiger partial charge in [0.15, 0.2) is 0 Å². The summed E-state index contributed by atoms with van der Waals surface area (Å²) in [4.78, 5) is 16.6. The second-order valence-corrected chi connectivity index (χ2v) is 18.4. The van der Waals surface area contributed by atoms with Gasteiger partial charge in [0.05, 0.1) is 49.8 Å². The molecule has 5 heterocycles. The van der Waals surface area contributed by atoms with Crippen LogP contribution in [-0.2, 0) is 0 Å². The maximum atomic E-state index is 5.56. The summed E-state index contributed by atoms with van der Waals surface area (Å²) >= 11 is 0. The Morgan fingerprint density at radius 3 is 1.26 bits per heavy atom. The minimum atomic E-state index is 0.867. The van der Waals surface area contributed by atoms with E-state index >= 15 is 0 Å². The van der Waals surface area contributed by atoms with Crippen molar-refractivity contribution in [2.75, 3.05) is 0 Å². The number of benzene rings is 10. The number of fused-ring (bicyclic) bond motifs is 18. The number of hydrogen-bond donors (Lipinski definition) is 0. The van der Waals surface area contributed by atoms with E-state index in [4.69, 9.17) is 15.0 Å². The number of hydrogen-bond acceptors (Lipinski definition) is 3. The normalized spacial score (nSPS) is 12.1. The number of pyridine rings is 2. The Morgan fingerprint density at radius 1 is 0.314 bits per heavy atom. The summed E-state index contributed by atoms with van der Waals surface area (Å²) in [5.74, 6) is 0.867. The SMILES string of the molecule is Cc1c(-n2c(-c3ccc(-c4ccccc4)cc3)nc3ccccc32)c2c3cc(-c4ccccc4)ccc3c3nc4ccccc4n3c2c2c3cc(-c4ccccc4)ccc3c3nc4ccccc4n3c12. The van der Waals surface area contributed by atoms with Crippen molar-refractivity contribution in [1.82, 2.24) is 28.3 Å². The van der Waals surface area contributed by atoms with Gasteiger partial charge in [-0.1, -0.05) is 164 Å². The molecule has 70 heavy (non-hydrogen) atoms. The van der Waals surface area contributed by atoms with E-state index in [-0.39, 0.29) is 0 Å². The molecular formula is C64H40N6. The summed E-state index contributed by atoms with van der Waals surface area (Å²) in [5, 5.41) is 6.66. The quantitative estimate of drug-likeness (QED) is 0.162. The molecule has 0 saturated carbocycles. The monoisotopic (exact) mass is 892 g/mol. The van der Waals surface area contributed by atoms with Gasteiger partial charge in [-0.2, -0.15) is 0 Å². The van der Waals surface area contributed by atoms with E-state index in [1.807, 2.05) is 0 Å². The molecule has 0 aliphatic heterocycles. The largest absolute Gasteiger partial charge is 0.291 e. The average Bonchev–Trinajstić information content (AvgIpc) is 4.14. The minimum absolute atomic E-state index is 0.867. The highest BCUT2D eigenvalue weighted by Gasteiger charge is 2.29. The lowest BCUT2D eigenvalue weighted by Crippen LogP contribution is -2.07. The zero-order chi connectivity index (χ0) is 46.0. The molecule has 0 aliphatic rings. The van der Waals surface area contributed by atoms with Crippen LogP contribution in [0.5, 0.6) is 0 Å². The van der Waals surface area contributed by atoms with Crippen LogP contribution < -0.4 is 0 Å². The Bertz CT molecular complexity index is 4620. The molecule has 0 atom stereocenters. The molecule has 6 nitrogen and oxygen atoms in total. The highest BCUT2D eigenvalue weighted by atomic mass is 15.1. The summed E-state index contributed by atoms with van der Waals surface area (Å²) in [7, 11) is 0. The molecule has 0 aliphatic carbocycles. The molecule has 0 bridgehead atoms. The van der Waals surface area contributed by atoms with Crippen LogP contribution in [0.3, 0.4) is 0 Å². The molecule has 326 valence electrons. The van der Waals surface area contributed by atoms with Crippen LogP contribution in [0.1, 0.15) is 5.56 Å². The predicted molar refractivity (Wildman–Crippen MR) is 290 cm³/mol. The molecule has 10 aromatic carbocycles. The Balaban J connectivity index is 1.23. The van der Waals surface area contributed by atoms with Crippen molar-refractivity contribution in [3.8, 4) is 50.5 Å². The Kier molecular flexibility index (Phi) is 8.18. The third kappa shape index (κ3) is 5.53. The second kappa shape index (κ2) is 14.8. The van der Waals surface area contributed by atoms with Gasteiger partial charge in [-0.25, -0.2) is 15.0 Å². The maximum absolute atomic E-state index is 5.56. The lowest BCUT2D eigenvalue weighted by Gasteiger charge is -2.23. The van der Waals surface area contributed by atoms with Crippen molar-refractivity contribution in [3.05, 3.63) is 230 Å². The molecule has 15 rings (SSSR count). The Morgan fingerprint density at radius 2 is 0.714 bits per heavy atom. The fourth-order valence-electron chi connectivity index (χ4n) is 11.4. The van der Waals surface area contributed by atoms with Crippen LogP contribution in [0.2, 0.25) is 0 Å². The van der Waals surface area contributed by atoms with Crippen molar-refractivity contribution in [1.29, 1.82) is 0 Å². The lowest BCUT2D eigenvalue weighted by atomic mass is 9.91. The molecule has 0 N–H and O–H groups in total. The number of imidazole rings is 3. The van der Waals surface area contributed by atoms with E-state index in [0.717, 1.165) is 138 Å². The number of nitrogens with zero attached hydrogens (tertiary/aromatic N) is 6. The van der Waals surface area contributed by atoms with Crippen molar-refractivity contribution in [2.24, 2.45) is 0 Å². The molecule has 0 radical (unpaired) electrons. The van der Waals surface area contributed by atoms with Gasteiger partial charge in [0.1, 0.15) is 17.1 Å². The highest BCUT2D eigenvalue weighted by Crippen LogP contribution is 2.48. The summed E-state index contributed by atoms with van der Waals surface area (Å²) < 4.78 is 7.32. The first-order chi connectivity index (χ1) is 34.7. The van der Waals surface area contributed by atoms with Crippen molar-refractivity contribution >= 4 is 87.7 Å². The first-order valence-electron chi connectivity index (χ1n) is 23.9. The Hall–Kier alpha value is -9.39. The van der Waals surface area contributed by atoms with E-state index < -0.39 is 0 Å². The van der Waals surface area contributed by atoms with E-state index in [0.29, 0.717) is 0 Å². The van der Waals surface area contributed by atoms with Gasteiger partial charge >= 0.3 is 0 Å². The summed E-state index contributed by atoms with van der Waals surface area (Å²) in [6.45, 7) is 2.32. The average molecular weight is 893 g/mol. The van der Waals surface area contributed by atoms with Crippen LogP contribution in [-0.4, -0.2) is 28.3 Å². The van der Waals surface area contributed by atoms with Crippen molar-refractivity contribution < 1.29 is 0 Å². The van der Waals surface area contributed by atoms with Gasteiger partial charge in [-0.3, -0.25) is 13.4 Å². The van der Waals surface area contributed by atoms with E-state index in [2.05, 4.69) is 245 Å². The van der Waals surface area contributed by atoms with Crippen molar-refractivity contribution in [3.63, 3.8) is 0 Å². The molecule has 6 heteroatoms. The van der Waals surface area contributed by atoms with Crippen LogP contribution in [0, 0.1) is 6.92 Å². The molecular weight excluding hydrogens is 853 g/mol. The van der Waals surface area contributed by atoms with Gasteiger partial charge in [0.25, 0.3) is 0 Å². The fourth-order valence-corrected chi connectivity index (χ4v) is 11.4. The zero-order valence-electron chi connectivity index (χ0n) is 38.0. The van der Waals surface area contributed by atoms with Gasteiger partial charge in [-0.15, -0.1) is 0 Å². The third-order valence-electron chi connectivity index (χ3n) is 14.5. The molecule has 0 amide bonds. The van der Waals surface area contributed by atoms with E-state index in [1.54, 1.807) is 0 Å². The van der Waals surface area contributed by atoms with Crippen LogP contribution in [0.15, 0.2) is 224 Å². The molecule has 0 unspecified atom stereocenters. The topological polar surface area (TPSA) is 52.4 Å². The van der Waals surface area contributed by atoms with Gasteiger partial charge in [0.2, 0.25) is 0 Å². The summed E-state index contributed by atoms with van der Waals surface area (Å²) in [5.41, 5.74) is 20.1. The minimum Gasteiger partial charge on any atom is -0.291 e. The van der Waals surface area contributed by atoms with Crippen LogP contribution in [0.4, 0.5) is 0 Å². The summed E-state index contributed by atoms with van der Waals surface area (Å²) in [6.07, 6.45) is 0. The molecule has 0 saturated heterocycles. The molecule has 15 aromatic rings. The number of rotatable bonds is 5. The van der Waals surface area contributed by atoms with E-state index in [9.17, 15) is 0 Å². The van der Waals surface area contributed by atoms with Crippen LogP contribution in [0.25, 0.3) is 138 Å². The predicted octanol–water partition coefficient (Wildman–Crippen LogP) is 16.2. The zero-order valence-corrected chi connectivity index (χ0v) is 38.0. The lowest BCUT2D eigenvalue weighted by molar-refractivity contribution is 1.10. The van der Waals surface area contributed by atoms with Gasteiger partial charge in [0, 0.05) is 27.1 Å². The Labute approximate surface area is 401 Å². The number of aromatic nitrogens is 6.